The number of hydrogen-bond acceptors (Lipinski definition) is 2. The number of ether oxygens (including phenoxy) is 1. The predicted octanol–water partition coefficient (Wildman–Crippen LogP) is 4.31. The fraction of sp³-hybridized carbons (Fsp3) is 0.150. The van der Waals surface area contributed by atoms with Crippen LogP contribution in [0.4, 0.5) is 5.69 Å². The van der Waals surface area contributed by atoms with E-state index in [2.05, 4.69) is 50.0 Å². The van der Waals surface area contributed by atoms with E-state index in [0.29, 0.717) is 0 Å². The van der Waals surface area contributed by atoms with Crippen molar-refractivity contribution in [3.63, 3.8) is 0 Å². The van der Waals surface area contributed by atoms with Gasteiger partial charge < -0.3 is 10.1 Å². The second kappa shape index (κ2) is 20.6. The van der Waals surface area contributed by atoms with Gasteiger partial charge in [-0.05, 0) is 24.6 Å². The minimum absolute atomic E-state index is 0. The molecule has 5 nitrogen and oxygen atoms in total. The minimum Gasteiger partial charge on any atom is 0 e. The summed E-state index contributed by atoms with van der Waals surface area (Å²) >= 11 is 0. The Balaban J connectivity index is -0.000000686. The van der Waals surface area contributed by atoms with Gasteiger partial charge in [0.1, 0.15) is 5.75 Å². The molecule has 0 aromatic heterocycles. The molecular formula is C20H19CrNO4. The molecule has 1 atom stereocenters. The zero-order chi connectivity index (χ0) is 19.5. The van der Waals surface area contributed by atoms with E-state index >= 15 is 0 Å². The molecule has 0 aliphatic carbocycles. The van der Waals surface area contributed by atoms with Crippen LogP contribution in [0.2, 0.25) is 0 Å². The number of benzene rings is 2. The number of nitrogens with one attached hydrogen (secondary N) is 1. The zero-order valence-electron chi connectivity index (χ0n) is 14.3. The molecule has 1 N–H and O–H groups in total. The molecule has 0 spiro atoms. The van der Waals surface area contributed by atoms with Gasteiger partial charge in [0.25, 0.3) is 0 Å². The number of rotatable bonds is 6. The summed E-state index contributed by atoms with van der Waals surface area (Å²) in [5.41, 5.74) is 2.24. The smallest absolute Gasteiger partial charge is 0 e. The van der Waals surface area contributed by atoms with Crippen molar-refractivity contribution in [2.45, 2.75) is 12.5 Å². The molecule has 0 bridgehead atoms. The summed E-state index contributed by atoms with van der Waals surface area (Å²) in [6.07, 6.45) is 2.77. The summed E-state index contributed by atoms with van der Waals surface area (Å²) in [5, 5.41) is 3.52. The molecule has 0 amide bonds. The third-order valence-corrected chi connectivity index (χ3v) is 3.03. The molecule has 6 heteroatoms. The topological polar surface area (TPSA) is 81.0 Å². The average Bonchev–Trinajstić information content (AvgIpc) is 2.73. The van der Waals surface area contributed by atoms with Crippen LogP contribution in [0.5, 0.6) is 5.75 Å². The quantitative estimate of drug-likeness (QED) is 0.454. The molecule has 0 heterocycles. The molecule has 26 heavy (non-hydrogen) atoms. The molecule has 0 unspecified atom stereocenters. The third-order valence-electron chi connectivity index (χ3n) is 3.03. The molecule has 2 aromatic rings. The first-order valence-corrected chi connectivity index (χ1v) is 7.01. The zero-order valence-corrected chi connectivity index (χ0v) is 15.6. The van der Waals surface area contributed by atoms with E-state index in [1.807, 2.05) is 42.5 Å². The summed E-state index contributed by atoms with van der Waals surface area (Å²) in [4.78, 5) is 0. The molecule has 0 radical (unpaired) electrons. The largest absolute Gasteiger partial charge is 0 e. The van der Waals surface area contributed by atoms with Gasteiger partial charge in [-0.3, -0.25) is 0 Å². The van der Waals surface area contributed by atoms with Crippen molar-refractivity contribution in [2.75, 3.05) is 12.4 Å². The normalized spacial score (nSPS) is 8.73. The van der Waals surface area contributed by atoms with E-state index < -0.39 is 0 Å². The monoisotopic (exact) mass is 389 g/mol. The molecule has 134 valence electrons. The maximum atomic E-state index is 7.50. The van der Waals surface area contributed by atoms with Crippen LogP contribution in [0.1, 0.15) is 18.0 Å². The minimum atomic E-state index is 0. The summed E-state index contributed by atoms with van der Waals surface area (Å²) in [5.74, 6) is 0.901. The summed E-state index contributed by atoms with van der Waals surface area (Å²) in [6.45, 7) is 17.3. The first-order chi connectivity index (χ1) is 12.3. The first kappa shape index (κ1) is 28.3. The van der Waals surface area contributed by atoms with Gasteiger partial charge in [0.2, 0.25) is 0 Å². The van der Waals surface area contributed by atoms with Crippen molar-refractivity contribution in [3.05, 3.63) is 92.8 Å². The Hall–Kier alpha value is -2.47. The molecule has 2 rings (SSSR count). The van der Waals surface area contributed by atoms with E-state index in [4.69, 9.17) is 18.7 Å². The Morgan fingerprint density at radius 1 is 0.962 bits per heavy atom. The molecule has 0 saturated heterocycles. The Morgan fingerprint density at radius 3 is 1.96 bits per heavy atom. The second-order valence-electron chi connectivity index (χ2n) is 4.33. The number of methoxy groups -OCH3 is 1. The Labute approximate surface area is 165 Å². The average molecular weight is 389 g/mol. The number of hydrogen-bond donors (Lipinski definition) is 1. The maximum absolute atomic E-state index is 7.50. The second-order valence-corrected chi connectivity index (χ2v) is 4.33. The van der Waals surface area contributed by atoms with Gasteiger partial charge in [-0.25, -0.2) is 0 Å². The van der Waals surface area contributed by atoms with Crippen LogP contribution < -0.4 is 10.1 Å². The molecule has 2 aromatic carbocycles. The van der Waals surface area contributed by atoms with Crippen LogP contribution in [0, 0.1) is 20.0 Å². The van der Waals surface area contributed by atoms with Gasteiger partial charge in [0, 0.05) is 28.6 Å². The van der Waals surface area contributed by atoms with E-state index in [-0.39, 0.29) is 23.4 Å². The van der Waals surface area contributed by atoms with Crippen LogP contribution in [-0.2, 0) is 31.3 Å². The van der Waals surface area contributed by atoms with Crippen molar-refractivity contribution in [1.82, 2.24) is 0 Å². The predicted molar refractivity (Wildman–Crippen MR) is 92.4 cm³/mol. The fourth-order valence-electron chi connectivity index (χ4n) is 2.12. The van der Waals surface area contributed by atoms with Crippen molar-refractivity contribution >= 4 is 5.69 Å². The van der Waals surface area contributed by atoms with E-state index in [1.54, 1.807) is 7.11 Å². The van der Waals surface area contributed by atoms with Gasteiger partial charge in [-0.2, -0.15) is 0 Å². The molecule has 0 aliphatic rings. The maximum Gasteiger partial charge on any atom is 0 e. The van der Waals surface area contributed by atoms with Gasteiger partial charge in [0.15, 0.2) is 0 Å². The van der Waals surface area contributed by atoms with Crippen LogP contribution >= 0.6 is 0 Å². The summed E-state index contributed by atoms with van der Waals surface area (Å²) in [6, 6.07) is 18.4. The summed E-state index contributed by atoms with van der Waals surface area (Å²) in [7, 11) is 1.70. The van der Waals surface area contributed by atoms with Crippen molar-refractivity contribution in [2.24, 2.45) is 0 Å². The standard InChI is InChI=1S/C17H19NO.3CO.Cr/c1-3-9-16(18-14-10-5-4-6-11-14)15-12-7-8-13-17(15)19-2;3*1-2;/h3-8,10-13,16,18H,1,9H2,2H3;;;;/t16-;;;;/m0..../s1. The van der Waals surface area contributed by atoms with Gasteiger partial charge >= 0.3 is 33.9 Å². The first-order valence-electron chi connectivity index (χ1n) is 7.01. The Kier molecular flexibility index (Phi) is 22.4. The number of anilines is 1. The molecular weight excluding hydrogens is 370 g/mol. The van der Waals surface area contributed by atoms with E-state index in [0.717, 1.165) is 23.4 Å². The molecule has 0 saturated carbocycles. The third kappa shape index (κ3) is 10.4. The van der Waals surface area contributed by atoms with Crippen molar-refractivity contribution in [3.8, 4) is 5.75 Å². The van der Waals surface area contributed by atoms with Crippen molar-refractivity contribution < 1.29 is 36.1 Å². The fourth-order valence-corrected chi connectivity index (χ4v) is 2.12. The van der Waals surface area contributed by atoms with Crippen LogP contribution in [0.25, 0.3) is 0 Å². The number of para-hydroxylation sites is 2. The van der Waals surface area contributed by atoms with Gasteiger partial charge in [0.05, 0.1) is 13.2 Å². The van der Waals surface area contributed by atoms with Gasteiger partial charge in [-0.15, -0.1) is 6.58 Å². The van der Waals surface area contributed by atoms with Crippen molar-refractivity contribution in [1.29, 1.82) is 0 Å². The van der Waals surface area contributed by atoms with Crippen LogP contribution in [-0.4, -0.2) is 7.11 Å². The van der Waals surface area contributed by atoms with Gasteiger partial charge in [-0.1, -0.05) is 42.5 Å². The summed E-state index contributed by atoms with van der Waals surface area (Å²) < 4.78 is 27.9. The SMILES string of the molecule is C=CC[C@H](Nc1ccccc1)c1ccccc1OC.[C-]#[O+].[C-]#[O+].[C-]#[O+].[Cr]. The van der Waals surface area contributed by atoms with Crippen LogP contribution in [0.3, 0.4) is 0 Å². The van der Waals surface area contributed by atoms with E-state index in [1.165, 1.54) is 0 Å². The molecule has 0 aliphatic heterocycles. The molecule has 0 fully saturated rings. The Bertz CT molecular complexity index is 639. The van der Waals surface area contributed by atoms with E-state index in [9.17, 15) is 0 Å². The Morgan fingerprint density at radius 2 is 1.46 bits per heavy atom. The van der Waals surface area contributed by atoms with Crippen LogP contribution in [0.15, 0.2) is 67.3 Å².